The van der Waals surface area contributed by atoms with Gasteiger partial charge in [-0.1, -0.05) is 13.8 Å². The summed E-state index contributed by atoms with van der Waals surface area (Å²) in [6.07, 6.45) is -1.52. The Balaban J connectivity index is 1.73. The predicted octanol–water partition coefficient (Wildman–Crippen LogP) is 2.85. The average molecular weight is 468 g/mol. The van der Waals surface area contributed by atoms with Crippen molar-refractivity contribution >= 4 is 11.8 Å². The number of nitrogens with zero attached hydrogens (tertiary/aromatic N) is 5. The van der Waals surface area contributed by atoms with Crippen LogP contribution in [0.3, 0.4) is 0 Å². The second kappa shape index (κ2) is 10.2. The SMILES string of the molecule is CCC(CC)C(=O)N1CCC(NC(=O)c2cnn(-c3ccc(OC)nn3)c2C(F)(F)F)CC1. The number of aromatic nitrogens is 4. The maximum absolute atomic E-state index is 13.8. The quantitative estimate of drug-likeness (QED) is 0.671. The van der Waals surface area contributed by atoms with E-state index < -0.39 is 23.3 Å². The van der Waals surface area contributed by atoms with Crippen LogP contribution in [0.15, 0.2) is 18.3 Å². The molecule has 180 valence electrons. The van der Waals surface area contributed by atoms with Crippen LogP contribution in [0.4, 0.5) is 13.2 Å². The smallest absolute Gasteiger partial charge is 0.434 e. The van der Waals surface area contributed by atoms with E-state index in [2.05, 4.69) is 20.6 Å². The van der Waals surface area contributed by atoms with Gasteiger partial charge >= 0.3 is 6.18 Å². The number of hydrogen-bond acceptors (Lipinski definition) is 6. The number of alkyl halides is 3. The number of piperidine rings is 1. The van der Waals surface area contributed by atoms with Gasteiger partial charge in [0.1, 0.15) is 0 Å². The first kappa shape index (κ1) is 24.5. The van der Waals surface area contributed by atoms with E-state index in [9.17, 15) is 22.8 Å². The molecule has 1 aliphatic rings. The number of amides is 2. The van der Waals surface area contributed by atoms with Crippen molar-refractivity contribution in [2.24, 2.45) is 5.92 Å². The number of carbonyl (C=O) groups excluding carboxylic acids is 2. The van der Waals surface area contributed by atoms with Gasteiger partial charge in [0.2, 0.25) is 11.8 Å². The van der Waals surface area contributed by atoms with Gasteiger partial charge in [-0.2, -0.15) is 18.3 Å². The number of halogens is 3. The van der Waals surface area contributed by atoms with E-state index in [0.29, 0.717) is 30.6 Å². The maximum Gasteiger partial charge on any atom is 0.434 e. The molecule has 3 heterocycles. The summed E-state index contributed by atoms with van der Waals surface area (Å²) in [5.41, 5.74) is -1.84. The molecule has 0 radical (unpaired) electrons. The average Bonchev–Trinajstić information content (AvgIpc) is 3.26. The van der Waals surface area contributed by atoms with Crippen LogP contribution in [0.2, 0.25) is 0 Å². The minimum atomic E-state index is -4.85. The second-order valence-electron chi connectivity index (χ2n) is 7.84. The summed E-state index contributed by atoms with van der Waals surface area (Å²) in [5.74, 6) is -0.884. The van der Waals surface area contributed by atoms with E-state index in [1.165, 1.54) is 19.2 Å². The summed E-state index contributed by atoms with van der Waals surface area (Å²) >= 11 is 0. The highest BCUT2D eigenvalue weighted by atomic mass is 19.4. The molecule has 2 amide bonds. The third-order valence-electron chi connectivity index (χ3n) is 5.81. The van der Waals surface area contributed by atoms with Crippen molar-refractivity contribution < 1.29 is 27.5 Å². The van der Waals surface area contributed by atoms with Crippen LogP contribution < -0.4 is 10.1 Å². The van der Waals surface area contributed by atoms with Gasteiger partial charge in [0.25, 0.3) is 5.91 Å². The van der Waals surface area contributed by atoms with Gasteiger partial charge in [-0.3, -0.25) is 9.59 Å². The van der Waals surface area contributed by atoms with Gasteiger partial charge < -0.3 is 15.0 Å². The minimum absolute atomic E-state index is 0.0302. The van der Waals surface area contributed by atoms with Crippen LogP contribution in [0.1, 0.15) is 55.6 Å². The lowest BCUT2D eigenvalue weighted by molar-refractivity contribution is -0.143. The van der Waals surface area contributed by atoms with Gasteiger partial charge in [0, 0.05) is 31.1 Å². The van der Waals surface area contributed by atoms with Crippen LogP contribution in [0.5, 0.6) is 5.88 Å². The number of carbonyl (C=O) groups is 2. The molecule has 1 aliphatic heterocycles. The number of nitrogens with one attached hydrogen (secondary N) is 1. The zero-order chi connectivity index (χ0) is 24.2. The van der Waals surface area contributed by atoms with Crippen LogP contribution in [0, 0.1) is 5.92 Å². The van der Waals surface area contributed by atoms with Crippen LogP contribution >= 0.6 is 0 Å². The lowest BCUT2D eigenvalue weighted by Gasteiger charge is -2.34. The Hall–Kier alpha value is -3.18. The molecule has 1 fully saturated rings. The highest BCUT2D eigenvalue weighted by Crippen LogP contribution is 2.33. The largest absolute Gasteiger partial charge is 0.480 e. The topological polar surface area (TPSA) is 102 Å². The molecule has 9 nitrogen and oxygen atoms in total. The molecular formula is C21H27F3N6O3. The van der Waals surface area contributed by atoms with Gasteiger partial charge in [-0.05, 0) is 31.7 Å². The Kier molecular flexibility index (Phi) is 7.54. The second-order valence-corrected chi connectivity index (χ2v) is 7.84. The van der Waals surface area contributed by atoms with E-state index in [-0.39, 0.29) is 29.6 Å². The maximum atomic E-state index is 13.8. The summed E-state index contributed by atoms with van der Waals surface area (Å²) in [6.45, 7) is 4.84. The zero-order valence-corrected chi connectivity index (χ0v) is 18.7. The van der Waals surface area contributed by atoms with Gasteiger partial charge in [0.05, 0.1) is 18.9 Å². The van der Waals surface area contributed by atoms with Crippen LogP contribution in [-0.4, -0.2) is 62.9 Å². The summed E-state index contributed by atoms with van der Waals surface area (Å²) < 4.78 is 46.9. The van der Waals surface area contributed by atoms with E-state index in [1.807, 2.05) is 13.8 Å². The Morgan fingerprint density at radius 3 is 2.36 bits per heavy atom. The first-order chi connectivity index (χ1) is 15.7. The Morgan fingerprint density at radius 1 is 1.18 bits per heavy atom. The summed E-state index contributed by atoms with van der Waals surface area (Å²) in [7, 11) is 1.35. The molecule has 3 rings (SSSR count). The fourth-order valence-electron chi connectivity index (χ4n) is 3.90. The first-order valence-electron chi connectivity index (χ1n) is 10.8. The molecule has 0 bridgehead atoms. The highest BCUT2D eigenvalue weighted by Gasteiger charge is 2.41. The van der Waals surface area contributed by atoms with Gasteiger partial charge in [0.15, 0.2) is 11.5 Å². The molecule has 1 N–H and O–H groups in total. The molecule has 0 atom stereocenters. The van der Waals surface area contributed by atoms with E-state index >= 15 is 0 Å². The van der Waals surface area contributed by atoms with Crippen molar-refractivity contribution in [3.63, 3.8) is 0 Å². The van der Waals surface area contributed by atoms with Gasteiger partial charge in [-0.15, -0.1) is 10.2 Å². The first-order valence-corrected chi connectivity index (χ1v) is 10.8. The van der Waals surface area contributed by atoms with Crippen molar-refractivity contribution in [1.82, 2.24) is 30.2 Å². The zero-order valence-electron chi connectivity index (χ0n) is 18.7. The molecule has 0 spiro atoms. The molecule has 12 heteroatoms. The number of ether oxygens (including phenoxy) is 1. The Morgan fingerprint density at radius 2 is 1.85 bits per heavy atom. The van der Waals surface area contributed by atoms with Crippen molar-refractivity contribution in [2.45, 2.75) is 51.7 Å². The normalized spacial score (nSPS) is 15.1. The molecule has 0 saturated carbocycles. The fraction of sp³-hybridized carbons (Fsp3) is 0.571. The Labute approximate surface area is 189 Å². The number of methoxy groups -OCH3 is 1. The highest BCUT2D eigenvalue weighted by molar-refractivity contribution is 5.95. The number of likely N-dealkylation sites (tertiary alicyclic amines) is 1. The standard InChI is InChI=1S/C21H27F3N6O3/c1-4-13(5-2)20(32)29-10-8-14(9-11-29)26-19(31)15-12-25-30(18(15)21(22,23)24)16-6-7-17(33-3)28-27-16/h6-7,12-14H,4-5,8-11H2,1-3H3,(H,26,31). The predicted molar refractivity (Wildman–Crippen MR) is 112 cm³/mol. The van der Waals surface area contributed by atoms with Crippen molar-refractivity contribution in [3.05, 3.63) is 29.6 Å². The summed E-state index contributed by atoms with van der Waals surface area (Å²) in [6, 6.07) is 2.27. The van der Waals surface area contributed by atoms with Crippen LogP contribution in [0.25, 0.3) is 5.82 Å². The molecule has 0 aromatic carbocycles. The summed E-state index contributed by atoms with van der Waals surface area (Å²) in [5, 5.41) is 13.7. The van der Waals surface area contributed by atoms with E-state index in [0.717, 1.165) is 19.0 Å². The lowest BCUT2D eigenvalue weighted by atomic mass is 9.98. The van der Waals surface area contributed by atoms with Crippen LogP contribution in [-0.2, 0) is 11.0 Å². The molecule has 33 heavy (non-hydrogen) atoms. The van der Waals surface area contributed by atoms with Gasteiger partial charge in [-0.25, -0.2) is 4.68 Å². The third kappa shape index (κ3) is 5.42. The van der Waals surface area contributed by atoms with E-state index in [1.54, 1.807) is 4.90 Å². The molecule has 0 unspecified atom stereocenters. The molecule has 1 saturated heterocycles. The monoisotopic (exact) mass is 468 g/mol. The lowest BCUT2D eigenvalue weighted by Crippen LogP contribution is -2.48. The third-order valence-corrected chi connectivity index (χ3v) is 5.81. The summed E-state index contributed by atoms with van der Waals surface area (Å²) in [4.78, 5) is 27.0. The minimum Gasteiger partial charge on any atom is -0.480 e. The number of hydrogen-bond donors (Lipinski definition) is 1. The Bertz CT molecular complexity index is 965. The molecule has 2 aromatic heterocycles. The molecule has 0 aliphatic carbocycles. The molecular weight excluding hydrogens is 441 g/mol. The number of rotatable bonds is 7. The van der Waals surface area contributed by atoms with Crippen molar-refractivity contribution in [2.75, 3.05) is 20.2 Å². The van der Waals surface area contributed by atoms with Crippen molar-refractivity contribution in [1.29, 1.82) is 0 Å². The fourth-order valence-corrected chi connectivity index (χ4v) is 3.90. The molecule has 2 aromatic rings. The van der Waals surface area contributed by atoms with E-state index in [4.69, 9.17) is 4.74 Å². The van der Waals surface area contributed by atoms with Crippen molar-refractivity contribution in [3.8, 4) is 11.7 Å².